The summed E-state index contributed by atoms with van der Waals surface area (Å²) in [4.78, 5) is 28.3. The van der Waals surface area contributed by atoms with Crippen molar-refractivity contribution in [2.24, 2.45) is 5.73 Å². The molecule has 0 spiro atoms. The quantitative estimate of drug-likeness (QED) is 0.699. The number of pyridine rings is 1. The van der Waals surface area contributed by atoms with E-state index in [-0.39, 0.29) is 12.0 Å². The number of rotatable bonds is 6. The fraction of sp³-hybridized carbons (Fsp3) is 0.150. The third-order valence-electron chi connectivity index (χ3n) is 4.15. The van der Waals surface area contributed by atoms with Gasteiger partial charge in [-0.2, -0.15) is 0 Å². The molecule has 0 aliphatic carbocycles. The van der Waals surface area contributed by atoms with Crippen molar-refractivity contribution < 1.29 is 18.4 Å². The Hall–Kier alpha value is -3.35. The number of hydrogen-bond donors (Lipinski definition) is 2. The van der Waals surface area contributed by atoms with Crippen molar-refractivity contribution in [3.63, 3.8) is 0 Å². The number of carbonyl (C=O) groups excluding carboxylic acids is 2. The van der Waals surface area contributed by atoms with Gasteiger partial charge in [-0.05, 0) is 24.3 Å². The number of halogens is 2. The fourth-order valence-corrected chi connectivity index (χ4v) is 2.76. The van der Waals surface area contributed by atoms with Crippen LogP contribution < -0.4 is 11.1 Å². The van der Waals surface area contributed by atoms with Crippen LogP contribution in [-0.4, -0.2) is 22.8 Å². The van der Waals surface area contributed by atoms with Gasteiger partial charge in [-0.25, -0.2) is 8.78 Å². The smallest absolute Gasteiger partial charge is 0.240 e. The van der Waals surface area contributed by atoms with Gasteiger partial charge in [0.2, 0.25) is 11.8 Å². The maximum absolute atomic E-state index is 13.7. The summed E-state index contributed by atoms with van der Waals surface area (Å²) < 4.78 is 27.4. The highest BCUT2D eigenvalue weighted by atomic mass is 19.1. The molecule has 1 aromatic heterocycles. The molecule has 138 valence electrons. The largest absolute Gasteiger partial charge is 0.368 e. The summed E-state index contributed by atoms with van der Waals surface area (Å²) in [7, 11) is 0. The molecule has 1 atom stereocenters. The molecule has 3 aromatic rings. The molecule has 0 radical (unpaired) electrons. The van der Waals surface area contributed by atoms with Crippen LogP contribution in [0.2, 0.25) is 0 Å². The normalized spacial score (nSPS) is 11.9. The Morgan fingerprint density at radius 3 is 2.41 bits per heavy atom. The first kappa shape index (κ1) is 18.4. The molecule has 0 unspecified atom stereocenters. The number of benzene rings is 2. The Morgan fingerprint density at radius 2 is 1.70 bits per heavy atom. The van der Waals surface area contributed by atoms with Gasteiger partial charge in [0.1, 0.15) is 17.7 Å². The van der Waals surface area contributed by atoms with Crippen molar-refractivity contribution in [2.45, 2.75) is 18.9 Å². The molecule has 0 saturated heterocycles. The summed E-state index contributed by atoms with van der Waals surface area (Å²) in [6.45, 7) is 0. The summed E-state index contributed by atoms with van der Waals surface area (Å²) in [6.07, 6.45) is -0.459. The summed E-state index contributed by atoms with van der Waals surface area (Å²) in [5, 5.41) is 3.37. The van der Waals surface area contributed by atoms with Crippen molar-refractivity contribution in [1.29, 1.82) is 0 Å². The van der Waals surface area contributed by atoms with E-state index in [9.17, 15) is 18.4 Å². The fourth-order valence-electron chi connectivity index (χ4n) is 2.76. The van der Waals surface area contributed by atoms with E-state index in [1.165, 1.54) is 6.07 Å². The highest BCUT2D eigenvalue weighted by Crippen LogP contribution is 2.14. The molecule has 3 rings (SSSR count). The van der Waals surface area contributed by atoms with Crippen LogP contribution in [0.1, 0.15) is 11.3 Å². The zero-order chi connectivity index (χ0) is 19.4. The van der Waals surface area contributed by atoms with E-state index < -0.39 is 35.9 Å². The van der Waals surface area contributed by atoms with Crippen molar-refractivity contribution in [3.8, 4) is 0 Å². The average molecular weight is 369 g/mol. The zero-order valence-corrected chi connectivity index (χ0v) is 14.3. The maximum atomic E-state index is 13.7. The lowest BCUT2D eigenvalue weighted by molar-refractivity contribution is -0.127. The number of para-hydroxylation sites is 1. The Morgan fingerprint density at radius 1 is 1.00 bits per heavy atom. The lowest BCUT2D eigenvalue weighted by Crippen LogP contribution is -2.46. The number of hydrogen-bond acceptors (Lipinski definition) is 3. The van der Waals surface area contributed by atoms with Gasteiger partial charge >= 0.3 is 0 Å². The summed E-state index contributed by atoms with van der Waals surface area (Å²) >= 11 is 0. The van der Waals surface area contributed by atoms with Gasteiger partial charge in [-0.3, -0.25) is 14.6 Å². The van der Waals surface area contributed by atoms with E-state index in [2.05, 4.69) is 10.3 Å². The molecule has 0 aliphatic heterocycles. The molecule has 7 heteroatoms. The minimum Gasteiger partial charge on any atom is -0.368 e. The predicted octanol–water partition coefficient (Wildman–Crippen LogP) is 2.27. The second-order valence-corrected chi connectivity index (χ2v) is 6.10. The van der Waals surface area contributed by atoms with Crippen LogP contribution >= 0.6 is 0 Å². The molecule has 3 N–H and O–H groups in total. The van der Waals surface area contributed by atoms with Gasteiger partial charge in [0.05, 0.1) is 11.9 Å². The molecule has 0 bridgehead atoms. The van der Waals surface area contributed by atoms with Crippen molar-refractivity contribution in [3.05, 3.63) is 77.5 Å². The molecule has 5 nitrogen and oxygen atoms in total. The van der Waals surface area contributed by atoms with Crippen LogP contribution in [0.3, 0.4) is 0 Å². The molecule has 0 aliphatic rings. The van der Waals surface area contributed by atoms with E-state index in [1.807, 2.05) is 30.3 Å². The number of carbonyl (C=O) groups is 2. The van der Waals surface area contributed by atoms with Crippen molar-refractivity contribution in [2.75, 3.05) is 0 Å². The first-order valence-corrected chi connectivity index (χ1v) is 8.30. The zero-order valence-electron chi connectivity index (χ0n) is 14.3. The van der Waals surface area contributed by atoms with Gasteiger partial charge in [0.15, 0.2) is 0 Å². The Bertz CT molecular complexity index is 987. The van der Waals surface area contributed by atoms with Crippen molar-refractivity contribution >= 4 is 22.7 Å². The van der Waals surface area contributed by atoms with Gasteiger partial charge < -0.3 is 11.1 Å². The lowest BCUT2D eigenvalue weighted by atomic mass is 10.1. The Kier molecular flexibility index (Phi) is 5.40. The highest BCUT2D eigenvalue weighted by molar-refractivity contribution is 5.87. The van der Waals surface area contributed by atoms with E-state index in [4.69, 9.17) is 5.73 Å². The highest BCUT2D eigenvalue weighted by Gasteiger charge is 2.21. The SMILES string of the molecule is NC(=O)[C@@H](Cc1ccc2ccccc2n1)NC(=O)Cc1c(F)cccc1F. The van der Waals surface area contributed by atoms with Gasteiger partial charge in [-0.1, -0.05) is 30.3 Å². The molecule has 0 saturated carbocycles. The van der Waals surface area contributed by atoms with Crippen LogP contribution in [0.15, 0.2) is 54.6 Å². The van der Waals surface area contributed by atoms with Gasteiger partial charge in [0, 0.05) is 23.1 Å². The molecular formula is C20H17F2N3O2. The first-order valence-electron chi connectivity index (χ1n) is 8.30. The third-order valence-corrected chi connectivity index (χ3v) is 4.15. The van der Waals surface area contributed by atoms with Crippen LogP contribution in [0, 0.1) is 11.6 Å². The summed E-state index contributed by atoms with van der Waals surface area (Å²) in [5.74, 6) is -3.11. The van der Waals surface area contributed by atoms with Crippen molar-refractivity contribution in [1.82, 2.24) is 10.3 Å². The summed E-state index contributed by atoms with van der Waals surface area (Å²) in [6, 6.07) is 13.4. The number of nitrogens with two attached hydrogens (primary N) is 1. The molecule has 0 fully saturated rings. The topological polar surface area (TPSA) is 85.1 Å². The minimum atomic E-state index is -1.04. The predicted molar refractivity (Wildman–Crippen MR) is 96.6 cm³/mol. The molecular weight excluding hydrogens is 352 g/mol. The van der Waals surface area contributed by atoms with Gasteiger partial charge in [0.25, 0.3) is 0 Å². The first-order chi connectivity index (χ1) is 12.9. The standard InChI is InChI=1S/C20H17F2N3O2/c21-15-5-3-6-16(22)14(15)11-19(26)25-18(20(23)27)10-13-9-8-12-4-1-2-7-17(12)24-13/h1-9,18H,10-11H2,(H2,23,27)(H,25,26)/t18-/m1/s1. The van der Waals surface area contributed by atoms with Crippen LogP contribution in [-0.2, 0) is 22.4 Å². The maximum Gasteiger partial charge on any atom is 0.240 e. The van der Waals surface area contributed by atoms with Gasteiger partial charge in [-0.15, -0.1) is 0 Å². The van der Waals surface area contributed by atoms with E-state index in [0.717, 1.165) is 23.0 Å². The Labute approximate surface area is 154 Å². The average Bonchev–Trinajstić information content (AvgIpc) is 2.64. The van der Waals surface area contributed by atoms with E-state index in [0.29, 0.717) is 5.69 Å². The van der Waals surface area contributed by atoms with E-state index in [1.54, 1.807) is 6.07 Å². The molecule has 1 heterocycles. The molecule has 2 aromatic carbocycles. The van der Waals surface area contributed by atoms with Crippen LogP contribution in [0.4, 0.5) is 8.78 Å². The molecule has 2 amide bonds. The number of primary amides is 1. The van der Waals surface area contributed by atoms with E-state index >= 15 is 0 Å². The van der Waals surface area contributed by atoms with Crippen LogP contribution in [0.25, 0.3) is 10.9 Å². The second-order valence-electron chi connectivity index (χ2n) is 6.10. The number of aromatic nitrogens is 1. The lowest BCUT2D eigenvalue weighted by Gasteiger charge is -2.16. The van der Waals surface area contributed by atoms with Crippen LogP contribution in [0.5, 0.6) is 0 Å². The monoisotopic (exact) mass is 369 g/mol. The third kappa shape index (κ3) is 4.44. The number of amides is 2. The summed E-state index contributed by atoms with van der Waals surface area (Å²) in [5.41, 5.74) is 6.32. The number of nitrogens with one attached hydrogen (secondary N) is 1. The molecule has 27 heavy (non-hydrogen) atoms. The number of fused-ring (bicyclic) bond motifs is 1. The Balaban J connectivity index is 1.73. The number of nitrogens with zero attached hydrogens (tertiary/aromatic N) is 1. The second kappa shape index (κ2) is 7.90. The minimum absolute atomic E-state index is 0.0751.